The Morgan fingerprint density at radius 2 is 2.27 bits per heavy atom. The van der Waals surface area contributed by atoms with Gasteiger partial charge in [-0.1, -0.05) is 0 Å². The molecule has 5 heteroatoms. The molecule has 0 radical (unpaired) electrons. The molecule has 0 aliphatic carbocycles. The van der Waals surface area contributed by atoms with Crippen molar-refractivity contribution in [3.63, 3.8) is 0 Å². The first-order valence-corrected chi connectivity index (χ1v) is 3.43. The molecule has 66 valence electrons. The molecule has 0 aromatic rings. The summed E-state index contributed by atoms with van der Waals surface area (Å²) in [6.07, 6.45) is -2.07. The molecule has 1 rings (SSSR count). The van der Waals surface area contributed by atoms with Gasteiger partial charge in [0.2, 0.25) is 0 Å². The molecule has 0 unspecified atom stereocenters. The van der Waals surface area contributed by atoms with E-state index in [1.165, 1.54) is 7.11 Å². The summed E-state index contributed by atoms with van der Waals surface area (Å²) in [5, 5.41) is 18.0. The summed E-state index contributed by atoms with van der Waals surface area (Å²) in [5.74, 6) is 0. The summed E-state index contributed by atoms with van der Waals surface area (Å²) in [5.41, 5.74) is 5.48. The molecule has 1 aliphatic rings. The van der Waals surface area contributed by atoms with Gasteiger partial charge >= 0.3 is 0 Å². The maximum atomic E-state index is 9.27. The van der Waals surface area contributed by atoms with Gasteiger partial charge in [-0.2, -0.15) is 0 Å². The summed E-state index contributed by atoms with van der Waals surface area (Å²) in [4.78, 5) is 0. The topological polar surface area (TPSA) is 84.9 Å². The number of hydrogen-bond acceptors (Lipinski definition) is 5. The number of aliphatic hydroxyl groups excluding tert-OH is 2. The Bertz CT molecular complexity index is 114. The molecule has 0 spiro atoms. The highest BCUT2D eigenvalue weighted by Crippen LogP contribution is 2.19. The second kappa shape index (κ2) is 3.46. The fourth-order valence-corrected chi connectivity index (χ4v) is 1.10. The van der Waals surface area contributed by atoms with Gasteiger partial charge in [0.1, 0.15) is 12.2 Å². The quantitative estimate of drug-likeness (QED) is 0.440. The predicted molar refractivity (Wildman–Crippen MR) is 36.7 cm³/mol. The molecule has 0 bridgehead atoms. The minimum Gasteiger partial charge on any atom is -0.394 e. The van der Waals surface area contributed by atoms with E-state index >= 15 is 0 Å². The van der Waals surface area contributed by atoms with E-state index in [0.29, 0.717) is 0 Å². The average molecular weight is 163 g/mol. The van der Waals surface area contributed by atoms with Crippen LogP contribution in [0.4, 0.5) is 0 Å². The summed E-state index contributed by atoms with van der Waals surface area (Å²) < 4.78 is 9.80. The molecule has 1 fully saturated rings. The highest BCUT2D eigenvalue weighted by Gasteiger charge is 2.41. The summed E-state index contributed by atoms with van der Waals surface area (Å²) in [7, 11) is 1.42. The van der Waals surface area contributed by atoms with Crippen molar-refractivity contribution in [2.24, 2.45) is 5.73 Å². The van der Waals surface area contributed by atoms with Crippen LogP contribution in [0, 0.1) is 0 Å². The van der Waals surface area contributed by atoms with Crippen molar-refractivity contribution < 1.29 is 19.7 Å². The van der Waals surface area contributed by atoms with Crippen molar-refractivity contribution in [1.82, 2.24) is 0 Å². The van der Waals surface area contributed by atoms with Crippen LogP contribution in [-0.2, 0) is 9.47 Å². The highest BCUT2D eigenvalue weighted by atomic mass is 16.7. The first kappa shape index (κ1) is 8.89. The fraction of sp³-hybridized carbons (Fsp3) is 1.00. The lowest BCUT2D eigenvalue weighted by atomic mass is 10.1. The fourth-order valence-electron chi connectivity index (χ4n) is 1.10. The van der Waals surface area contributed by atoms with Gasteiger partial charge in [-0.3, -0.25) is 0 Å². The van der Waals surface area contributed by atoms with Gasteiger partial charge < -0.3 is 25.4 Å². The van der Waals surface area contributed by atoms with Gasteiger partial charge in [-0.05, 0) is 0 Å². The van der Waals surface area contributed by atoms with E-state index in [1.54, 1.807) is 0 Å². The molecule has 5 nitrogen and oxygen atoms in total. The average Bonchev–Trinajstić information content (AvgIpc) is 2.30. The molecule has 1 saturated heterocycles. The molecule has 0 saturated carbocycles. The van der Waals surface area contributed by atoms with Crippen LogP contribution in [-0.4, -0.2) is 48.5 Å². The number of nitrogens with two attached hydrogens (primary N) is 1. The smallest absolute Gasteiger partial charge is 0.185 e. The number of rotatable bonds is 2. The Balaban J connectivity index is 2.53. The van der Waals surface area contributed by atoms with Crippen molar-refractivity contribution in [2.45, 2.75) is 24.5 Å². The van der Waals surface area contributed by atoms with E-state index < -0.39 is 24.5 Å². The second-order valence-corrected chi connectivity index (χ2v) is 2.53. The van der Waals surface area contributed by atoms with E-state index in [0.717, 1.165) is 0 Å². The van der Waals surface area contributed by atoms with Crippen LogP contribution < -0.4 is 5.73 Å². The first-order valence-electron chi connectivity index (χ1n) is 3.43. The lowest BCUT2D eigenvalue weighted by Crippen LogP contribution is -2.41. The zero-order chi connectivity index (χ0) is 8.43. The minimum absolute atomic E-state index is 0.196. The number of hydrogen-bond donors (Lipinski definition) is 3. The van der Waals surface area contributed by atoms with Crippen LogP contribution in [0.25, 0.3) is 0 Å². The third-order valence-corrected chi connectivity index (χ3v) is 1.82. The molecule has 0 amide bonds. The standard InChI is InChI=1S/C6H13NO4/c1-10-6-5(9)4(7)3(2-8)11-6/h3-6,8-9H,2,7H2,1H3/t3-,4-,5-,6-/m1/s1. The van der Waals surface area contributed by atoms with Crippen LogP contribution in [0.3, 0.4) is 0 Å². The van der Waals surface area contributed by atoms with Crippen LogP contribution >= 0.6 is 0 Å². The van der Waals surface area contributed by atoms with Crippen molar-refractivity contribution in [1.29, 1.82) is 0 Å². The Labute approximate surface area is 64.7 Å². The summed E-state index contributed by atoms with van der Waals surface area (Å²) in [6, 6.07) is -0.565. The molecule has 1 heterocycles. The maximum absolute atomic E-state index is 9.27. The van der Waals surface area contributed by atoms with Crippen LogP contribution in [0.1, 0.15) is 0 Å². The van der Waals surface area contributed by atoms with Crippen molar-refractivity contribution in [3.8, 4) is 0 Å². The molecular formula is C6H13NO4. The molecule has 11 heavy (non-hydrogen) atoms. The molecule has 1 aliphatic heterocycles. The molecule has 4 atom stereocenters. The lowest BCUT2D eigenvalue weighted by molar-refractivity contribution is -0.153. The Hall–Kier alpha value is -0.200. The van der Waals surface area contributed by atoms with Crippen LogP contribution in [0.15, 0.2) is 0 Å². The van der Waals surface area contributed by atoms with Gasteiger partial charge in [0.05, 0.1) is 12.6 Å². The largest absolute Gasteiger partial charge is 0.394 e. The third kappa shape index (κ3) is 1.52. The van der Waals surface area contributed by atoms with Crippen LogP contribution in [0.2, 0.25) is 0 Å². The number of methoxy groups -OCH3 is 1. The van der Waals surface area contributed by atoms with Gasteiger partial charge in [0.15, 0.2) is 6.29 Å². The lowest BCUT2D eigenvalue weighted by Gasteiger charge is -2.12. The highest BCUT2D eigenvalue weighted by molar-refractivity contribution is 4.89. The summed E-state index contributed by atoms with van der Waals surface area (Å²) >= 11 is 0. The minimum atomic E-state index is -0.850. The number of aliphatic hydroxyl groups is 2. The maximum Gasteiger partial charge on any atom is 0.185 e. The SMILES string of the molecule is CO[C@@H]1O[C@H](CO)[C@@H](N)[C@H]1O. The van der Waals surface area contributed by atoms with E-state index in [9.17, 15) is 5.11 Å². The van der Waals surface area contributed by atoms with E-state index in [1.807, 2.05) is 0 Å². The third-order valence-electron chi connectivity index (χ3n) is 1.82. The van der Waals surface area contributed by atoms with Crippen LogP contribution in [0.5, 0.6) is 0 Å². The van der Waals surface area contributed by atoms with Gasteiger partial charge in [-0.15, -0.1) is 0 Å². The number of ether oxygens (including phenoxy) is 2. The van der Waals surface area contributed by atoms with Gasteiger partial charge in [0.25, 0.3) is 0 Å². The molecule has 0 aromatic heterocycles. The predicted octanol–water partition coefficient (Wildman–Crippen LogP) is -1.96. The van der Waals surface area contributed by atoms with E-state index in [4.69, 9.17) is 20.3 Å². The zero-order valence-electron chi connectivity index (χ0n) is 6.30. The zero-order valence-corrected chi connectivity index (χ0v) is 6.30. The summed E-state index contributed by atoms with van der Waals surface area (Å²) in [6.45, 7) is -0.196. The van der Waals surface area contributed by atoms with Crippen molar-refractivity contribution in [2.75, 3.05) is 13.7 Å². The monoisotopic (exact) mass is 163 g/mol. The van der Waals surface area contributed by atoms with E-state index in [-0.39, 0.29) is 6.61 Å². The Kier molecular flexibility index (Phi) is 2.80. The first-order chi connectivity index (χ1) is 5.20. The molecular weight excluding hydrogens is 150 g/mol. The Morgan fingerprint density at radius 3 is 2.55 bits per heavy atom. The van der Waals surface area contributed by atoms with Crippen molar-refractivity contribution >= 4 is 0 Å². The molecule has 4 N–H and O–H groups in total. The van der Waals surface area contributed by atoms with Gasteiger partial charge in [-0.25, -0.2) is 0 Å². The van der Waals surface area contributed by atoms with E-state index in [2.05, 4.69) is 0 Å². The normalized spacial score (nSPS) is 44.7. The molecule has 0 aromatic carbocycles. The second-order valence-electron chi connectivity index (χ2n) is 2.53. The van der Waals surface area contributed by atoms with Crippen molar-refractivity contribution in [3.05, 3.63) is 0 Å². The Morgan fingerprint density at radius 1 is 1.64 bits per heavy atom. The van der Waals surface area contributed by atoms with Gasteiger partial charge in [0, 0.05) is 7.11 Å².